The van der Waals surface area contributed by atoms with Crippen molar-refractivity contribution in [2.24, 2.45) is 5.92 Å². The molecule has 0 spiro atoms. The minimum Gasteiger partial charge on any atom is -0.310 e. The molecule has 0 heterocycles. The molecule has 1 saturated carbocycles. The topological polar surface area (TPSA) is 35.8 Å². The van der Waals surface area contributed by atoms with E-state index in [2.05, 4.69) is 25.2 Å². The third kappa shape index (κ3) is 3.67. The third-order valence-corrected chi connectivity index (χ3v) is 3.32. The molecule has 1 fully saturated rings. The van der Waals surface area contributed by atoms with E-state index in [-0.39, 0.29) is 0 Å². The molecule has 0 aromatic rings. The van der Waals surface area contributed by atoms with E-state index < -0.39 is 0 Å². The van der Waals surface area contributed by atoms with Gasteiger partial charge in [-0.3, -0.25) is 0 Å². The van der Waals surface area contributed by atoms with Gasteiger partial charge in [0.2, 0.25) is 0 Å². The summed E-state index contributed by atoms with van der Waals surface area (Å²) in [6.45, 7) is 4.49. The molecule has 0 aliphatic heterocycles. The summed E-state index contributed by atoms with van der Waals surface area (Å²) in [6, 6.07) is 3.34. The second-order valence-corrected chi connectivity index (χ2v) is 4.59. The SMILES string of the molecule is CCC(CC#N)NC1CCC(C)CC1. The fourth-order valence-corrected chi connectivity index (χ4v) is 2.19. The Morgan fingerprint density at radius 3 is 2.50 bits per heavy atom. The van der Waals surface area contributed by atoms with E-state index in [0.29, 0.717) is 18.5 Å². The van der Waals surface area contributed by atoms with Crippen LogP contribution in [0.1, 0.15) is 52.4 Å². The zero-order valence-electron chi connectivity index (χ0n) is 9.42. The van der Waals surface area contributed by atoms with Crippen LogP contribution in [-0.4, -0.2) is 12.1 Å². The molecular weight excluding hydrogens is 172 g/mol. The quantitative estimate of drug-likeness (QED) is 0.747. The van der Waals surface area contributed by atoms with Crippen molar-refractivity contribution in [3.63, 3.8) is 0 Å². The van der Waals surface area contributed by atoms with Gasteiger partial charge in [-0.05, 0) is 38.0 Å². The fraction of sp³-hybridized carbons (Fsp3) is 0.917. The zero-order chi connectivity index (χ0) is 10.4. The van der Waals surface area contributed by atoms with Crippen LogP contribution >= 0.6 is 0 Å². The molecule has 1 N–H and O–H groups in total. The monoisotopic (exact) mass is 194 g/mol. The van der Waals surface area contributed by atoms with Gasteiger partial charge in [-0.25, -0.2) is 0 Å². The van der Waals surface area contributed by atoms with Gasteiger partial charge in [0.1, 0.15) is 0 Å². The molecule has 0 aromatic carbocycles. The zero-order valence-corrected chi connectivity index (χ0v) is 9.42. The molecule has 1 aliphatic carbocycles. The highest BCUT2D eigenvalue weighted by Crippen LogP contribution is 2.24. The largest absolute Gasteiger partial charge is 0.310 e. The molecule has 0 saturated heterocycles. The van der Waals surface area contributed by atoms with Crippen LogP contribution in [0.25, 0.3) is 0 Å². The molecule has 1 rings (SSSR count). The Balaban J connectivity index is 2.25. The molecule has 2 nitrogen and oxygen atoms in total. The van der Waals surface area contributed by atoms with Gasteiger partial charge in [0.15, 0.2) is 0 Å². The summed E-state index contributed by atoms with van der Waals surface area (Å²) in [5.41, 5.74) is 0. The summed E-state index contributed by atoms with van der Waals surface area (Å²) in [6.07, 6.45) is 7.01. The van der Waals surface area contributed by atoms with E-state index in [1.54, 1.807) is 0 Å². The van der Waals surface area contributed by atoms with Crippen LogP contribution in [0.3, 0.4) is 0 Å². The Bertz CT molecular complexity index is 187. The van der Waals surface area contributed by atoms with Crippen molar-refractivity contribution in [3.05, 3.63) is 0 Å². The number of nitrogens with zero attached hydrogens (tertiary/aromatic N) is 1. The van der Waals surface area contributed by atoms with Gasteiger partial charge >= 0.3 is 0 Å². The van der Waals surface area contributed by atoms with E-state index in [1.807, 2.05) is 0 Å². The lowest BCUT2D eigenvalue weighted by Gasteiger charge is -2.29. The molecule has 80 valence electrons. The Labute approximate surface area is 87.7 Å². The average molecular weight is 194 g/mol. The Kier molecular flexibility index (Phi) is 4.97. The van der Waals surface area contributed by atoms with Gasteiger partial charge < -0.3 is 5.32 Å². The number of nitriles is 1. The molecular formula is C12H22N2. The second-order valence-electron chi connectivity index (χ2n) is 4.59. The van der Waals surface area contributed by atoms with E-state index in [4.69, 9.17) is 5.26 Å². The van der Waals surface area contributed by atoms with Gasteiger partial charge in [-0.2, -0.15) is 5.26 Å². The van der Waals surface area contributed by atoms with Crippen LogP contribution in [0, 0.1) is 17.2 Å². The highest BCUT2D eigenvalue weighted by Gasteiger charge is 2.19. The molecule has 1 unspecified atom stereocenters. The van der Waals surface area contributed by atoms with Gasteiger partial charge in [-0.15, -0.1) is 0 Å². The first-order valence-corrected chi connectivity index (χ1v) is 5.89. The summed E-state index contributed by atoms with van der Waals surface area (Å²) >= 11 is 0. The van der Waals surface area contributed by atoms with Crippen molar-refractivity contribution in [1.82, 2.24) is 5.32 Å². The summed E-state index contributed by atoms with van der Waals surface area (Å²) in [7, 11) is 0. The molecule has 2 heteroatoms. The number of rotatable bonds is 4. The first-order valence-electron chi connectivity index (χ1n) is 5.89. The Morgan fingerprint density at radius 2 is 2.00 bits per heavy atom. The van der Waals surface area contributed by atoms with E-state index in [0.717, 1.165) is 12.3 Å². The maximum absolute atomic E-state index is 8.65. The highest BCUT2D eigenvalue weighted by molar-refractivity contribution is 4.84. The number of hydrogen-bond donors (Lipinski definition) is 1. The fourth-order valence-electron chi connectivity index (χ4n) is 2.19. The van der Waals surface area contributed by atoms with Crippen molar-refractivity contribution in [1.29, 1.82) is 5.26 Å². The standard InChI is InChI=1S/C12H22N2/c1-3-11(8-9-13)14-12-6-4-10(2)5-7-12/h10-12,14H,3-8H2,1-2H3. The molecule has 0 bridgehead atoms. The lowest BCUT2D eigenvalue weighted by molar-refractivity contribution is 0.284. The van der Waals surface area contributed by atoms with Gasteiger partial charge in [0.25, 0.3) is 0 Å². The Morgan fingerprint density at radius 1 is 1.36 bits per heavy atom. The van der Waals surface area contributed by atoms with Crippen molar-refractivity contribution in [3.8, 4) is 6.07 Å². The second kappa shape index (κ2) is 6.03. The summed E-state index contributed by atoms with van der Waals surface area (Å²) in [4.78, 5) is 0. The highest BCUT2D eigenvalue weighted by atomic mass is 14.9. The predicted molar refractivity (Wildman–Crippen MR) is 58.9 cm³/mol. The predicted octanol–water partition coefficient (Wildman–Crippen LogP) is 2.85. The van der Waals surface area contributed by atoms with E-state index in [9.17, 15) is 0 Å². The smallest absolute Gasteiger partial charge is 0.0638 e. The van der Waals surface area contributed by atoms with Crippen molar-refractivity contribution >= 4 is 0 Å². The van der Waals surface area contributed by atoms with Gasteiger partial charge in [-0.1, -0.05) is 13.8 Å². The molecule has 1 atom stereocenters. The maximum Gasteiger partial charge on any atom is 0.0638 e. The number of hydrogen-bond acceptors (Lipinski definition) is 2. The van der Waals surface area contributed by atoms with E-state index in [1.165, 1.54) is 25.7 Å². The molecule has 14 heavy (non-hydrogen) atoms. The minimum atomic E-state index is 0.415. The maximum atomic E-state index is 8.65. The first kappa shape index (κ1) is 11.5. The summed E-state index contributed by atoms with van der Waals surface area (Å²) in [5, 5.41) is 12.3. The van der Waals surface area contributed by atoms with Crippen LogP contribution in [0.15, 0.2) is 0 Å². The normalized spacial score (nSPS) is 29.5. The van der Waals surface area contributed by atoms with Crippen LogP contribution in [0.5, 0.6) is 0 Å². The summed E-state index contributed by atoms with van der Waals surface area (Å²) < 4.78 is 0. The lowest BCUT2D eigenvalue weighted by atomic mass is 9.87. The van der Waals surface area contributed by atoms with Crippen molar-refractivity contribution < 1.29 is 0 Å². The summed E-state index contributed by atoms with van der Waals surface area (Å²) in [5.74, 6) is 0.907. The van der Waals surface area contributed by atoms with E-state index >= 15 is 0 Å². The minimum absolute atomic E-state index is 0.415. The van der Waals surface area contributed by atoms with Gasteiger partial charge in [0, 0.05) is 12.1 Å². The van der Waals surface area contributed by atoms with Crippen LogP contribution in [-0.2, 0) is 0 Å². The van der Waals surface area contributed by atoms with Crippen molar-refractivity contribution in [2.75, 3.05) is 0 Å². The Hall–Kier alpha value is -0.550. The van der Waals surface area contributed by atoms with Crippen molar-refractivity contribution in [2.45, 2.75) is 64.5 Å². The van der Waals surface area contributed by atoms with Crippen LogP contribution < -0.4 is 5.32 Å². The van der Waals surface area contributed by atoms with Crippen LogP contribution in [0.2, 0.25) is 0 Å². The molecule has 0 radical (unpaired) electrons. The van der Waals surface area contributed by atoms with Gasteiger partial charge in [0.05, 0.1) is 12.5 Å². The average Bonchev–Trinajstić information content (AvgIpc) is 2.20. The molecule has 1 aliphatic rings. The third-order valence-electron chi connectivity index (χ3n) is 3.32. The molecule has 0 amide bonds. The number of nitrogens with one attached hydrogen (secondary N) is 1. The van der Waals surface area contributed by atoms with Crippen LogP contribution in [0.4, 0.5) is 0 Å². The lowest BCUT2D eigenvalue weighted by Crippen LogP contribution is -2.39. The molecule has 0 aromatic heterocycles. The first-order chi connectivity index (χ1) is 6.76.